The van der Waals surface area contributed by atoms with Crippen LogP contribution in [-0.2, 0) is 24.6 Å². The Morgan fingerprint density at radius 3 is 1.77 bits per heavy atom. The second-order valence-electron chi connectivity index (χ2n) is 11.0. The molecule has 1 aliphatic heterocycles. The van der Waals surface area contributed by atoms with Crippen LogP contribution in [0.3, 0.4) is 0 Å². The third-order valence-electron chi connectivity index (χ3n) is 7.69. The number of aryl methyl sites for hydroxylation is 2. The highest BCUT2D eigenvalue weighted by Gasteiger charge is 2.41. The molecule has 5 heteroatoms. The largest absolute Gasteiger partial charge is 0.489 e. The molecule has 1 aliphatic rings. The van der Waals surface area contributed by atoms with E-state index in [1.807, 2.05) is 129 Å². The Bertz CT molecular complexity index is 1640. The van der Waals surface area contributed by atoms with E-state index < -0.39 is 18.3 Å². The Morgan fingerprint density at radius 2 is 1.19 bits per heavy atom. The maximum absolute atomic E-state index is 11.9. The molecule has 43 heavy (non-hydrogen) atoms. The summed E-state index contributed by atoms with van der Waals surface area (Å²) in [5, 5.41) is 11.9. The van der Waals surface area contributed by atoms with Crippen molar-refractivity contribution in [2.45, 2.75) is 52.0 Å². The normalized spacial score (nSPS) is 17.5. The molecule has 0 saturated heterocycles. The first-order valence-corrected chi connectivity index (χ1v) is 14.6. The number of rotatable bonds is 10. The van der Waals surface area contributed by atoms with Crippen molar-refractivity contribution < 1.29 is 24.1 Å². The smallest absolute Gasteiger partial charge is 0.153 e. The number of ether oxygens (including phenoxy) is 4. The van der Waals surface area contributed by atoms with Gasteiger partial charge in [0.25, 0.3) is 0 Å². The Kier molecular flexibility index (Phi) is 8.73. The third-order valence-corrected chi connectivity index (χ3v) is 7.69. The molecule has 6 rings (SSSR count). The Balaban J connectivity index is 1.30. The minimum Gasteiger partial charge on any atom is -0.489 e. The molecule has 0 aliphatic carbocycles. The number of benzene rings is 5. The Morgan fingerprint density at radius 1 is 0.628 bits per heavy atom. The zero-order valence-corrected chi connectivity index (χ0v) is 24.5. The molecule has 0 radical (unpaired) electrons. The average Bonchev–Trinajstić information content (AvgIpc) is 3.03. The van der Waals surface area contributed by atoms with Crippen molar-refractivity contribution in [3.05, 3.63) is 160 Å². The first-order valence-electron chi connectivity index (χ1n) is 14.6. The number of aliphatic hydroxyl groups excluding tert-OH is 1. The zero-order chi connectivity index (χ0) is 29.6. The first kappa shape index (κ1) is 28.5. The lowest BCUT2D eigenvalue weighted by atomic mass is 9.90. The fourth-order valence-corrected chi connectivity index (χ4v) is 5.46. The van der Waals surface area contributed by atoms with Gasteiger partial charge in [-0.15, -0.1) is 0 Å². The molecular formula is C38H36O5. The first-order chi connectivity index (χ1) is 21.0. The van der Waals surface area contributed by atoms with Gasteiger partial charge in [0.05, 0.1) is 12.2 Å². The quantitative estimate of drug-likeness (QED) is 0.183. The van der Waals surface area contributed by atoms with Crippen LogP contribution >= 0.6 is 0 Å². The highest BCUT2D eigenvalue weighted by molar-refractivity contribution is 5.52. The topological polar surface area (TPSA) is 57.2 Å². The van der Waals surface area contributed by atoms with Gasteiger partial charge in [-0.25, -0.2) is 0 Å². The summed E-state index contributed by atoms with van der Waals surface area (Å²) in [6, 6.07) is 40.0. The van der Waals surface area contributed by atoms with Crippen molar-refractivity contribution in [2.24, 2.45) is 0 Å². The van der Waals surface area contributed by atoms with E-state index in [0.717, 1.165) is 39.1 Å². The molecule has 5 aromatic rings. The van der Waals surface area contributed by atoms with E-state index in [9.17, 15) is 5.11 Å². The van der Waals surface area contributed by atoms with Gasteiger partial charge in [0.2, 0.25) is 0 Å². The molecule has 0 saturated carbocycles. The molecule has 0 amide bonds. The van der Waals surface area contributed by atoms with Gasteiger partial charge in [-0.2, -0.15) is 0 Å². The van der Waals surface area contributed by atoms with Gasteiger partial charge in [0, 0.05) is 0 Å². The number of fused-ring (bicyclic) bond motifs is 1. The SMILES string of the molecule is Cc1cc(OCc2ccccc2)c2c(c1)O[C@H](c1ccc(OCc3ccccc3)c(C)c1)[C@@H](OCc1ccccc1)[C@H]2O. The van der Waals surface area contributed by atoms with Crippen molar-refractivity contribution in [1.29, 1.82) is 0 Å². The van der Waals surface area contributed by atoms with E-state index in [1.54, 1.807) is 0 Å². The summed E-state index contributed by atoms with van der Waals surface area (Å²) in [4.78, 5) is 0. The van der Waals surface area contributed by atoms with Crippen LogP contribution in [0.25, 0.3) is 0 Å². The Labute approximate surface area is 253 Å². The number of hydrogen-bond acceptors (Lipinski definition) is 5. The van der Waals surface area contributed by atoms with Crippen LogP contribution < -0.4 is 14.2 Å². The van der Waals surface area contributed by atoms with E-state index in [-0.39, 0.29) is 0 Å². The molecule has 1 N–H and O–H groups in total. The molecule has 5 aromatic carbocycles. The third kappa shape index (κ3) is 6.75. The predicted octanol–water partition coefficient (Wildman–Crippen LogP) is 8.21. The summed E-state index contributed by atoms with van der Waals surface area (Å²) >= 11 is 0. The maximum Gasteiger partial charge on any atom is 0.153 e. The summed E-state index contributed by atoms with van der Waals surface area (Å²) in [5.74, 6) is 2.00. The fraction of sp³-hybridized carbons (Fsp3) is 0.211. The molecule has 0 unspecified atom stereocenters. The van der Waals surface area contributed by atoms with Gasteiger partial charge in [-0.3, -0.25) is 0 Å². The summed E-state index contributed by atoms with van der Waals surface area (Å²) in [5.41, 5.74) is 6.65. The second-order valence-corrected chi connectivity index (χ2v) is 11.0. The van der Waals surface area contributed by atoms with Gasteiger partial charge in [0.15, 0.2) is 6.10 Å². The van der Waals surface area contributed by atoms with E-state index in [1.165, 1.54) is 0 Å². The van der Waals surface area contributed by atoms with E-state index in [2.05, 4.69) is 6.07 Å². The van der Waals surface area contributed by atoms with Gasteiger partial charge < -0.3 is 24.1 Å². The molecule has 3 atom stereocenters. The van der Waals surface area contributed by atoms with Crippen molar-refractivity contribution in [2.75, 3.05) is 0 Å². The summed E-state index contributed by atoms with van der Waals surface area (Å²) in [6.45, 7) is 5.23. The molecule has 0 bridgehead atoms. The number of aliphatic hydroxyl groups is 1. The lowest BCUT2D eigenvalue weighted by Crippen LogP contribution is -2.37. The standard InChI is InChI=1S/C38H36O5/c1-26-20-33(41-24-29-14-8-4-9-15-29)35-34(21-26)43-37(38(36(35)39)42-25-30-16-10-5-11-17-30)31-18-19-32(27(2)22-31)40-23-28-12-6-3-7-13-28/h3-22,36-39H,23-25H2,1-2H3/t36-,37+,38-/m0/s1. The minimum atomic E-state index is -0.974. The van der Waals surface area contributed by atoms with Crippen molar-refractivity contribution in [3.63, 3.8) is 0 Å². The molecular weight excluding hydrogens is 536 g/mol. The maximum atomic E-state index is 11.9. The van der Waals surface area contributed by atoms with Crippen molar-refractivity contribution in [3.8, 4) is 17.2 Å². The van der Waals surface area contributed by atoms with E-state index in [0.29, 0.717) is 36.9 Å². The van der Waals surface area contributed by atoms with Crippen LogP contribution in [0.5, 0.6) is 17.2 Å². The molecule has 0 fully saturated rings. The predicted molar refractivity (Wildman–Crippen MR) is 167 cm³/mol. The van der Waals surface area contributed by atoms with Crippen LogP contribution in [0, 0.1) is 13.8 Å². The van der Waals surface area contributed by atoms with Gasteiger partial charge in [0.1, 0.15) is 42.7 Å². The highest BCUT2D eigenvalue weighted by atomic mass is 16.6. The van der Waals surface area contributed by atoms with Crippen LogP contribution in [0.2, 0.25) is 0 Å². The molecule has 0 spiro atoms. The highest BCUT2D eigenvalue weighted by Crippen LogP contribution is 2.48. The minimum absolute atomic E-state index is 0.334. The summed E-state index contributed by atoms with van der Waals surface area (Å²) in [6.07, 6.45) is -2.19. The lowest BCUT2D eigenvalue weighted by Gasteiger charge is -2.38. The average molecular weight is 573 g/mol. The summed E-state index contributed by atoms with van der Waals surface area (Å²) in [7, 11) is 0. The van der Waals surface area contributed by atoms with E-state index in [4.69, 9.17) is 18.9 Å². The van der Waals surface area contributed by atoms with Crippen LogP contribution in [0.4, 0.5) is 0 Å². The molecule has 5 nitrogen and oxygen atoms in total. The van der Waals surface area contributed by atoms with Gasteiger partial charge in [-0.1, -0.05) is 97.1 Å². The van der Waals surface area contributed by atoms with Crippen molar-refractivity contribution in [1.82, 2.24) is 0 Å². The molecule has 0 aromatic heterocycles. The number of hydrogen-bond donors (Lipinski definition) is 1. The van der Waals surface area contributed by atoms with Crippen LogP contribution in [0.1, 0.15) is 51.2 Å². The zero-order valence-electron chi connectivity index (χ0n) is 24.5. The van der Waals surface area contributed by atoms with E-state index >= 15 is 0 Å². The summed E-state index contributed by atoms with van der Waals surface area (Å²) < 4.78 is 25.6. The van der Waals surface area contributed by atoms with Gasteiger partial charge in [-0.05, 0) is 71.5 Å². The van der Waals surface area contributed by atoms with Crippen molar-refractivity contribution >= 4 is 0 Å². The molecule has 1 heterocycles. The molecule has 218 valence electrons. The van der Waals surface area contributed by atoms with Gasteiger partial charge >= 0.3 is 0 Å². The monoisotopic (exact) mass is 572 g/mol. The Hall–Kier alpha value is -4.58. The van der Waals surface area contributed by atoms with Crippen LogP contribution in [-0.4, -0.2) is 11.2 Å². The second kappa shape index (κ2) is 13.2. The van der Waals surface area contributed by atoms with Crippen LogP contribution in [0.15, 0.2) is 121 Å². The lowest BCUT2D eigenvalue weighted by molar-refractivity contribution is -0.117. The fourth-order valence-electron chi connectivity index (χ4n) is 5.46.